The molecule has 0 aromatic carbocycles. The molecular formula is C10H16F4N2O. The summed E-state index contributed by atoms with van der Waals surface area (Å²) in [6.07, 6.45) is -1.90. The first-order valence-electron chi connectivity index (χ1n) is 5.53. The van der Waals surface area contributed by atoms with Crippen LogP contribution in [0.4, 0.5) is 17.6 Å². The Morgan fingerprint density at radius 1 is 1.35 bits per heavy atom. The molecule has 1 unspecified atom stereocenters. The molecule has 7 heteroatoms. The van der Waals surface area contributed by atoms with Crippen LogP contribution in [0.3, 0.4) is 0 Å². The first-order chi connectivity index (χ1) is 7.84. The molecule has 1 amide bonds. The Morgan fingerprint density at radius 3 is 2.35 bits per heavy atom. The number of hydrogen-bond acceptors (Lipinski definition) is 2. The van der Waals surface area contributed by atoms with Crippen molar-refractivity contribution in [3.05, 3.63) is 0 Å². The molecular weight excluding hydrogens is 240 g/mol. The van der Waals surface area contributed by atoms with E-state index in [9.17, 15) is 22.4 Å². The zero-order chi connectivity index (χ0) is 13.1. The molecule has 17 heavy (non-hydrogen) atoms. The smallest absolute Gasteiger partial charge is 0.347 e. The molecule has 1 aliphatic heterocycles. The second-order valence-corrected chi connectivity index (χ2v) is 4.31. The number of carbonyl (C=O) groups excluding carboxylic acids is 1. The molecule has 3 nitrogen and oxygen atoms in total. The summed E-state index contributed by atoms with van der Waals surface area (Å²) in [7, 11) is 0. The van der Waals surface area contributed by atoms with Crippen LogP contribution in [0.5, 0.6) is 0 Å². The third-order valence-electron chi connectivity index (χ3n) is 2.69. The van der Waals surface area contributed by atoms with Gasteiger partial charge in [-0.15, -0.1) is 0 Å². The van der Waals surface area contributed by atoms with E-state index in [1.165, 1.54) is 6.92 Å². The highest BCUT2D eigenvalue weighted by atomic mass is 19.3. The molecule has 1 N–H and O–H groups in total. The maximum absolute atomic E-state index is 12.6. The SMILES string of the molecule is CC(CN1CCCC1)NC(=O)C(F)(F)C(F)F. The highest BCUT2D eigenvalue weighted by Gasteiger charge is 2.49. The summed E-state index contributed by atoms with van der Waals surface area (Å²) in [5.74, 6) is -6.52. The Hall–Kier alpha value is -0.850. The summed E-state index contributed by atoms with van der Waals surface area (Å²) in [5, 5.41) is 1.92. The van der Waals surface area contributed by atoms with Crippen LogP contribution in [0, 0.1) is 0 Å². The number of hydrogen-bond donors (Lipinski definition) is 1. The largest absolute Gasteiger partial charge is 0.383 e. The lowest BCUT2D eigenvalue weighted by molar-refractivity contribution is -0.170. The van der Waals surface area contributed by atoms with E-state index in [0.29, 0.717) is 6.54 Å². The Kier molecular flexibility index (Phi) is 4.73. The van der Waals surface area contributed by atoms with Crippen LogP contribution in [0.15, 0.2) is 0 Å². The molecule has 0 bridgehead atoms. The van der Waals surface area contributed by atoms with Crippen LogP contribution in [-0.4, -0.2) is 48.8 Å². The van der Waals surface area contributed by atoms with Gasteiger partial charge >= 0.3 is 12.3 Å². The van der Waals surface area contributed by atoms with Crippen molar-refractivity contribution in [1.82, 2.24) is 10.2 Å². The lowest BCUT2D eigenvalue weighted by atomic mass is 10.2. The molecule has 0 radical (unpaired) electrons. The first-order valence-corrected chi connectivity index (χ1v) is 5.53. The van der Waals surface area contributed by atoms with E-state index in [0.717, 1.165) is 25.9 Å². The van der Waals surface area contributed by atoms with Gasteiger partial charge in [0, 0.05) is 12.6 Å². The van der Waals surface area contributed by atoms with Gasteiger partial charge in [0.2, 0.25) is 0 Å². The van der Waals surface area contributed by atoms with Gasteiger partial charge in [-0.25, -0.2) is 8.78 Å². The van der Waals surface area contributed by atoms with Gasteiger partial charge in [-0.1, -0.05) is 0 Å². The maximum atomic E-state index is 12.6. The van der Waals surface area contributed by atoms with Gasteiger partial charge in [-0.05, 0) is 32.9 Å². The van der Waals surface area contributed by atoms with Gasteiger partial charge < -0.3 is 10.2 Å². The fourth-order valence-corrected chi connectivity index (χ4v) is 1.82. The second kappa shape index (κ2) is 5.66. The summed E-state index contributed by atoms with van der Waals surface area (Å²) in [4.78, 5) is 12.9. The van der Waals surface area contributed by atoms with Crippen molar-refractivity contribution in [3.8, 4) is 0 Å². The minimum absolute atomic E-state index is 0.408. The van der Waals surface area contributed by atoms with Gasteiger partial charge in [0.05, 0.1) is 0 Å². The predicted octanol–water partition coefficient (Wildman–Crippen LogP) is 1.49. The van der Waals surface area contributed by atoms with Gasteiger partial charge in [0.15, 0.2) is 0 Å². The minimum Gasteiger partial charge on any atom is -0.347 e. The second-order valence-electron chi connectivity index (χ2n) is 4.31. The number of rotatable bonds is 5. The van der Waals surface area contributed by atoms with Crippen LogP contribution in [0.1, 0.15) is 19.8 Å². The molecule has 0 spiro atoms. The Balaban J connectivity index is 2.39. The molecule has 1 saturated heterocycles. The molecule has 0 aliphatic carbocycles. The number of halogens is 4. The van der Waals surface area contributed by atoms with Crippen molar-refractivity contribution >= 4 is 5.91 Å². The molecule has 1 heterocycles. The lowest BCUT2D eigenvalue weighted by Crippen LogP contribution is -2.50. The lowest BCUT2D eigenvalue weighted by Gasteiger charge is -2.23. The standard InChI is InChI=1S/C10H16F4N2O/c1-7(6-16-4-2-3-5-16)15-9(17)10(13,14)8(11)12/h7-8H,2-6H2,1H3,(H,15,17). The minimum atomic E-state index is -4.61. The quantitative estimate of drug-likeness (QED) is 0.756. The monoisotopic (exact) mass is 256 g/mol. The maximum Gasteiger partial charge on any atom is 0.383 e. The summed E-state index contributed by atoms with van der Waals surface area (Å²) in [6, 6.07) is -0.565. The average molecular weight is 256 g/mol. The predicted molar refractivity (Wildman–Crippen MR) is 54.2 cm³/mol. The highest BCUT2D eigenvalue weighted by molar-refractivity contribution is 5.84. The summed E-state index contributed by atoms with van der Waals surface area (Å²) in [6.45, 7) is 3.64. The van der Waals surface area contributed by atoms with Crippen molar-refractivity contribution in [1.29, 1.82) is 0 Å². The fraction of sp³-hybridized carbons (Fsp3) is 0.900. The van der Waals surface area contributed by atoms with Gasteiger partial charge in [-0.3, -0.25) is 4.79 Å². The summed E-state index contributed by atoms with van der Waals surface area (Å²) >= 11 is 0. The van der Waals surface area contributed by atoms with Crippen molar-refractivity contribution in [2.24, 2.45) is 0 Å². The van der Waals surface area contributed by atoms with Gasteiger partial charge in [0.1, 0.15) is 0 Å². The van der Waals surface area contributed by atoms with E-state index in [4.69, 9.17) is 0 Å². The zero-order valence-electron chi connectivity index (χ0n) is 9.56. The van der Waals surface area contributed by atoms with Crippen LogP contribution < -0.4 is 5.32 Å². The first kappa shape index (κ1) is 14.2. The molecule has 100 valence electrons. The van der Waals surface area contributed by atoms with Crippen molar-refractivity contribution < 1.29 is 22.4 Å². The van der Waals surface area contributed by atoms with Crippen molar-refractivity contribution in [2.45, 2.75) is 38.2 Å². The van der Waals surface area contributed by atoms with E-state index in [2.05, 4.69) is 0 Å². The van der Waals surface area contributed by atoms with Crippen molar-refractivity contribution in [3.63, 3.8) is 0 Å². The van der Waals surface area contributed by atoms with E-state index in [1.54, 1.807) is 0 Å². The van der Waals surface area contributed by atoms with E-state index in [1.807, 2.05) is 10.2 Å². The number of alkyl halides is 4. The molecule has 0 aromatic heterocycles. The number of carbonyl (C=O) groups is 1. The third kappa shape index (κ3) is 3.83. The molecule has 1 rings (SSSR count). The Bertz CT molecular complexity index is 267. The van der Waals surface area contributed by atoms with E-state index in [-0.39, 0.29) is 0 Å². The summed E-state index contributed by atoms with van der Waals surface area (Å²) in [5.41, 5.74) is 0. The van der Waals surface area contributed by atoms with Crippen LogP contribution in [0.25, 0.3) is 0 Å². The topological polar surface area (TPSA) is 32.3 Å². The molecule has 0 aromatic rings. The summed E-state index contributed by atoms with van der Waals surface area (Å²) < 4.78 is 49.1. The highest BCUT2D eigenvalue weighted by Crippen LogP contribution is 2.23. The third-order valence-corrected chi connectivity index (χ3v) is 2.69. The number of nitrogens with one attached hydrogen (secondary N) is 1. The fourth-order valence-electron chi connectivity index (χ4n) is 1.82. The van der Waals surface area contributed by atoms with Crippen LogP contribution in [0.2, 0.25) is 0 Å². The van der Waals surface area contributed by atoms with Crippen molar-refractivity contribution in [2.75, 3.05) is 19.6 Å². The van der Waals surface area contributed by atoms with Gasteiger partial charge in [-0.2, -0.15) is 8.78 Å². The van der Waals surface area contributed by atoms with Gasteiger partial charge in [0.25, 0.3) is 5.91 Å². The molecule has 0 saturated carbocycles. The molecule has 1 atom stereocenters. The normalized spacial score (nSPS) is 19.6. The average Bonchev–Trinajstić information content (AvgIpc) is 2.69. The number of likely N-dealkylation sites (tertiary alicyclic amines) is 1. The van der Waals surface area contributed by atoms with E-state index >= 15 is 0 Å². The van der Waals surface area contributed by atoms with E-state index < -0.39 is 24.3 Å². The number of amides is 1. The van der Waals surface area contributed by atoms with Crippen LogP contribution in [-0.2, 0) is 4.79 Å². The molecule has 1 fully saturated rings. The Morgan fingerprint density at radius 2 is 1.88 bits per heavy atom. The Labute approximate surface area is 97.2 Å². The zero-order valence-corrected chi connectivity index (χ0v) is 9.56. The van der Waals surface area contributed by atoms with Crippen LogP contribution >= 0.6 is 0 Å². The number of nitrogens with zero attached hydrogens (tertiary/aromatic N) is 1. The molecule has 1 aliphatic rings.